The van der Waals surface area contributed by atoms with E-state index in [4.69, 9.17) is 0 Å². The molecule has 1 amide bonds. The minimum absolute atomic E-state index is 0.385. The van der Waals surface area contributed by atoms with E-state index in [1.165, 1.54) is 12.1 Å². The summed E-state index contributed by atoms with van der Waals surface area (Å²) in [5, 5.41) is 2.84. The molecule has 20 heavy (non-hydrogen) atoms. The molecule has 0 aromatic heterocycles. The van der Waals surface area contributed by atoms with Gasteiger partial charge in [0.15, 0.2) is 0 Å². The summed E-state index contributed by atoms with van der Waals surface area (Å²) in [7, 11) is 0. The highest BCUT2D eigenvalue weighted by atomic mass is 19.4. The summed E-state index contributed by atoms with van der Waals surface area (Å²) in [5.41, 5.74) is -0.396. The Morgan fingerprint density at radius 2 is 1.90 bits per heavy atom. The Morgan fingerprint density at radius 1 is 1.20 bits per heavy atom. The molecule has 0 atom stereocenters. The van der Waals surface area contributed by atoms with Crippen molar-refractivity contribution in [1.29, 1.82) is 0 Å². The molecule has 5 heteroatoms. The zero-order valence-electron chi connectivity index (χ0n) is 11.2. The van der Waals surface area contributed by atoms with E-state index in [1.807, 2.05) is 0 Å². The Kier molecular flexibility index (Phi) is 4.35. The van der Waals surface area contributed by atoms with Crippen LogP contribution in [0.1, 0.15) is 43.2 Å². The second-order valence-corrected chi connectivity index (χ2v) is 5.48. The molecule has 1 fully saturated rings. The molecule has 0 saturated heterocycles. The second kappa shape index (κ2) is 5.85. The smallest absolute Gasteiger partial charge is 0.353 e. The fraction of sp³-hybridized carbons (Fsp3) is 0.533. The zero-order chi connectivity index (χ0) is 14.6. The summed E-state index contributed by atoms with van der Waals surface area (Å²) in [6.45, 7) is 0. The van der Waals surface area contributed by atoms with E-state index in [0.717, 1.165) is 38.2 Å². The summed E-state index contributed by atoms with van der Waals surface area (Å²) < 4.78 is 38.2. The van der Waals surface area contributed by atoms with Gasteiger partial charge in [-0.1, -0.05) is 37.5 Å². The fourth-order valence-electron chi connectivity index (χ4n) is 2.97. The molecule has 110 valence electrons. The highest BCUT2D eigenvalue weighted by Gasteiger charge is 2.34. The maximum atomic E-state index is 12.7. The first-order valence-corrected chi connectivity index (χ1v) is 6.83. The van der Waals surface area contributed by atoms with Crippen LogP contribution in [0, 0.1) is 0 Å². The largest absolute Gasteiger partial charge is 0.416 e. The van der Waals surface area contributed by atoms with Crippen LogP contribution in [0.5, 0.6) is 0 Å². The van der Waals surface area contributed by atoms with Crippen molar-refractivity contribution in [3.63, 3.8) is 0 Å². The van der Waals surface area contributed by atoms with Gasteiger partial charge in [0.05, 0.1) is 5.56 Å². The van der Waals surface area contributed by atoms with E-state index in [9.17, 15) is 18.0 Å². The van der Waals surface area contributed by atoms with Crippen molar-refractivity contribution in [1.82, 2.24) is 5.32 Å². The van der Waals surface area contributed by atoms with Crippen LogP contribution < -0.4 is 5.32 Å². The van der Waals surface area contributed by atoms with Crippen molar-refractivity contribution in [3.05, 3.63) is 35.4 Å². The second-order valence-electron chi connectivity index (χ2n) is 5.48. The minimum atomic E-state index is -4.33. The van der Waals surface area contributed by atoms with Crippen LogP contribution in [-0.4, -0.2) is 11.9 Å². The van der Waals surface area contributed by atoms with Gasteiger partial charge < -0.3 is 5.32 Å². The quantitative estimate of drug-likeness (QED) is 0.840. The number of nitrogens with one attached hydrogen (secondary N) is 1. The molecule has 0 spiro atoms. The summed E-state index contributed by atoms with van der Waals surface area (Å²) in [6.07, 6.45) is 1.55. The Hall–Kier alpha value is -1.52. The van der Waals surface area contributed by atoms with Crippen molar-refractivity contribution < 1.29 is 18.0 Å². The Bertz CT molecular complexity index is 464. The normalized spacial score (nSPS) is 18.6. The number of benzene rings is 1. The van der Waals surface area contributed by atoms with Crippen LogP contribution in [0.25, 0.3) is 0 Å². The topological polar surface area (TPSA) is 29.1 Å². The van der Waals surface area contributed by atoms with Crippen molar-refractivity contribution in [2.24, 2.45) is 0 Å². The van der Waals surface area contributed by atoms with Crippen LogP contribution in [0.2, 0.25) is 0 Å². The highest BCUT2D eigenvalue weighted by Crippen LogP contribution is 2.33. The van der Waals surface area contributed by atoms with Crippen molar-refractivity contribution >= 4 is 6.41 Å². The lowest BCUT2D eigenvalue weighted by molar-refractivity contribution is -0.137. The Labute approximate surface area is 116 Å². The van der Waals surface area contributed by atoms with E-state index < -0.39 is 11.7 Å². The van der Waals surface area contributed by atoms with Crippen molar-refractivity contribution in [2.45, 2.75) is 50.2 Å². The minimum Gasteiger partial charge on any atom is -0.353 e. The first-order valence-electron chi connectivity index (χ1n) is 6.83. The van der Waals surface area contributed by atoms with E-state index in [-0.39, 0.29) is 5.54 Å². The third kappa shape index (κ3) is 3.52. The Balaban J connectivity index is 2.20. The van der Waals surface area contributed by atoms with Gasteiger partial charge in [-0.05, 0) is 30.9 Å². The molecule has 1 saturated carbocycles. The molecular weight excluding hydrogens is 267 g/mol. The number of alkyl halides is 3. The summed E-state index contributed by atoms with van der Waals surface area (Å²) in [6, 6.07) is 5.38. The summed E-state index contributed by atoms with van der Waals surface area (Å²) in [4.78, 5) is 10.8. The molecule has 1 aromatic rings. The maximum Gasteiger partial charge on any atom is 0.416 e. The lowest BCUT2D eigenvalue weighted by Gasteiger charge is -2.37. The van der Waals surface area contributed by atoms with Crippen LogP contribution >= 0.6 is 0 Å². The van der Waals surface area contributed by atoms with Gasteiger partial charge in [-0.2, -0.15) is 13.2 Å². The monoisotopic (exact) mass is 285 g/mol. The van der Waals surface area contributed by atoms with Gasteiger partial charge in [0.2, 0.25) is 6.41 Å². The predicted molar refractivity (Wildman–Crippen MR) is 70.2 cm³/mol. The molecule has 0 radical (unpaired) electrons. The van der Waals surface area contributed by atoms with Crippen molar-refractivity contribution in [3.8, 4) is 0 Å². The van der Waals surface area contributed by atoms with Gasteiger partial charge in [0.1, 0.15) is 0 Å². The number of rotatable bonds is 4. The third-order valence-electron chi connectivity index (χ3n) is 3.97. The molecular formula is C15H18F3NO. The number of hydrogen-bond donors (Lipinski definition) is 1. The number of carbonyl (C=O) groups is 1. The first kappa shape index (κ1) is 14.9. The standard InChI is InChI=1S/C15H18F3NO/c16-15(17,18)13-6-4-5-12(9-13)10-14(19-11-20)7-2-1-3-8-14/h4-6,9,11H,1-3,7-8,10H2,(H,19,20). The molecule has 2 rings (SSSR count). The molecule has 1 aromatic carbocycles. The first-order chi connectivity index (χ1) is 9.45. The fourth-order valence-corrected chi connectivity index (χ4v) is 2.97. The maximum absolute atomic E-state index is 12.7. The number of halogens is 3. The van der Waals surface area contributed by atoms with Gasteiger partial charge in [-0.15, -0.1) is 0 Å². The molecule has 2 nitrogen and oxygen atoms in total. The number of amides is 1. The molecule has 1 aliphatic carbocycles. The van der Waals surface area contributed by atoms with Gasteiger partial charge >= 0.3 is 6.18 Å². The average molecular weight is 285 g/mol. The van der Waals surface area contributed by atoms with Crippen LogP contribution in [0.3, 0.4) is 0 Å². The molecule has 0 unspecified atom stereocenters. The molecule has 1 N–H and O–H groups in total. The lowest BCUT2D eigenvalue weighted by atomic mass is 9.77. The van der Waals surface area contributed by atoms with Crippen molar-refractivity contribution in [2.75, 3.05) is 0 Å². The molecule has 0 bridgehead atoms. The molecule has 0 heterocycles. The highest BCUT2D eigenvalue weighted by molar-refractivity contribution is 5.48. The SMILES string of the molecule is O=CNC1(Cc2cccc(C(F)(F)F)c2)CCCCC1. The number of hydrogen-bond acceptors (Lipinski definition) is 1. The summed E-state index contributed by atoms with van der Waals surface area (Å²) >= 11 is 0. The number of carbonyl (C=O) groups excluding carboxylic acids is 1. The van der Waals surface area contributed by atoms with Gasteiger partial charge in [-0.3, -0.25) is 4.79 Å². The van der Waals surface area contributed by atoms with Gasteiger partial charge in [0.25, 0.3) is 0 Å². The van der Waals surface area contributed by atoms with Gasteiger partial charge in [-0.25, -0.2) is 0 Å². The third-order valence-corrected chi connectivity index (χ3v) is 3.97. The molecule has 0 aliphatic heterocycles. The van der Waals surface area contributed by atoms with Crippen LogP contribution in [0.15, 0.2) is 24.3 Å². The molecule has 1 aliphatic rings. The zero-order valence-corrected chi connectivity index (χ0v) is 11.2. The van der Waals surface area contributed by atoms with Gasteiger partial charge in [0, 0.05) is 5.54 Å². The Morgan fingerprint density at radius 3 is 2.50 bits per heavy atom. The average Bonchev–Trinajstić information content (AvgIpc) is 2.39. The van der Waals surface area contributed by atoms with Crippen LogP contribution in [0.4, 0.5) is 13.2 Å². The van der Waals surface area contributed by atoms with E-state index in [0.29, 0.717) is 18.4 Å². The van der Waals surface area contributed by atoms with Crippen LogP contribution in [-0.2, 0) is 17.4 Å². The van der Waals surface area contributed by atoms with E-state index >= 15 is 0 Å². The summed E-state index contributed by atoms with van der Waals surface area (Å²) in [5.74, 6) is 0. The van der Waals surface area contributed by atoms with E-state index in [1.54, 1.807) is 6.07 Å². The van der Waals surface area contributed by atoms with E-state index in [2.05, 4.69) is 5.32 Å². The lowest BCUT2D eigenvalue weighted by Crippen LogP contribution is -2.47. The predicted octanol–water partition coefficient (Wildman–Crippen LogP) is 3.70.